The zero-order chi connectivity index (χ0) is 15.2. The van der Waals surface area contributed by atoms with Crippen LogP contribution in [0.25, 0.3) is 0 Å². The fraction of sp³-hybridized carbons (Fsp3) is 0.375. The minimum Gasteiger partial charge on any atom is -0.469 e. The highest BCUT2D eigenvalue weighted by Gasteiger charge is 2.29. The first-order chi connectivity index (χ1) is 10.8. The van der Waals surface area contributed by atoms with Crippen LogP contribution in [0.2, 0.25) is 0 Å². The number of hydrogen-bond donors (Lipinski definition) is 3. The van der Waals surface area contributed by atoms with Crippen LogP contribution in [0, 0.1) is 0 Å². The molecule has 2 aromatic heterocycles. The Bertz CT molecular complexity index is 585. The lowest BCUT2D eigenvalue weighted by molar-refractivity contribution is -0.122. The van der Waals surface area contributed by atoms with E-state index in [9.17, 15) is 4.79 Å². The number of amides is 1. The Hall–Kier alpha value is -2.18. The number of aromatic nitrogens is 1. The lowest BCUT2D eigenvalue weighted by Crippen LogP contribution is -2.43. The number of hydrazine groups is 1. The molecule has 1 aliphatic heterocycles. The number of nitrogens with one attached hydrogen (secondary N) is 3. The normalized spacial score (nSPS) is 20.9. The van der Waals surface area contributed by atoms with E-state index in [1.54, 1.807) is 12.5 Å². The van der Waals surface area contributed by atoms with Gasteiger partial charge in [-0.05, 0) is 36.6 Å². The van der Waals surface area contributed by atoms with Crippen LogP contribution in [0.15, 0.2) is 47.3 Å². The molecule has 6 heteroatoms. The molecule has 3 heterocycles. The van der Waals surface area contributed by atoms with Crippen LogP contribution in [-0.4, -0.2) is 23.5 Å². The van der Waals surface area contributed by atoms with E-state index in [1.165, 1.54) is 0 Å². The van der Waals surface area contributed by atoms with Gasteiger partial charge in [0.15, 0.2) is 0 Å². The molecule has 6 nitrogen and oxygen atoms in total. The lowest BCUT2D eigenvalue weighted by atomic mass is 10.0. The summed E-state index contributed by atoms with van der Waals surface area (Å²) in [5.41, 5.74) is 7.29. The van der Waals surface area contributed by atoms with Crippen molar-refractivity contribution in [1.82, 2.24) is 21.2 Å². The number of nitrogens with zero attached hydrogens (tertiary/aromatic N) is 1. The minimum atomic E-state index is -0.214. The van der Waals surface area contributed by atoms with Crippen LogP contribution >= 0.6 is 0 Å². The zero-order valence-corrected chi connectivity index (χ0v) is 12.3. The maximum absolute atomic E-state index is 12.1. The topological polar surface area (TPSA) is 79.2 Å². The van der Waals surface area contributed by atoms with Crippen molar-refractivity contribution in [3.8, 4) is 0 Å². The number of aryl methyl sites for hydroxylation is 1. The van der Waals surface area contributed by atoms with Gasteiger partial charge in [0.1, 0.15) is 11.8 Å². The van der Waals surface area contributed by atoms with Gasteiger partial charge in [-0.3, -0.25) is 9.78 Å². The summed E-state index contributed by atoms with van der Waals surface area (Å²) < 4.78 is 5.26. The quantitative estimate of drug-likeness (QED) is 0.702. The van der Waals surface area contributed by atoms with Gasteiger partial charge in [0.2, 0.25) is 5.91 Å². The van der Waals surface area contributed by atoms with Gasteiger partial charge < -0.3 is 9.73 Å². The second-order valence-electron chi connectivity index (χ2n) is 5.39. The van der Waals surface area contributed by atoms with Crippen molar-refractivity contribution in [2.45, 2.75) is 31.3 Å². The zero-order valence-electron chi connectivity index (χ0n) is 12.3. The molecule has 1 amide bonds. The average molecular weight is 300 g/mol. The number of pyridine rings is 1. The summed E-state index contributed by atoms with van der Waals surface area (Å²) in [4.78, 5) is 16.2. The Balaban J connectivity index is 1.40. The number of carbonyl (C=O) groups is 1. The maximum atomic E-state index is 12.1. The molecule has 2 atom stereocenters. The summed E-state index contributed by atoms with van der Waals surface area (Å²) in [5.74, 6) is 0.977. The molecule has 0 radical (unpaired) electrons. The second-order valence-corrected chi connectivity index (χ2v) is 5.39. The smallest absolute Gasteiger partial charge is 0.238 e. The van der Waals surface area contributed by atoms with Crippen LogP contribution in [0.5, 0.6) is 0 Å². The van der Waals surface area contributed by atoms with Crippen LogP contribution in [-0.2, 0) is 11.2 Å². The van der Waals surface area contributed by atoms with Gasteiger partial charge in [0.25, 0.3) is 0 Å². The van der Waals surface area contributed by atoms with Crippen LogP contribution in [0.3, 0.4) is 0 Å². The largest absolute Gasteiger partial charge is 0.469 e. The van der Waals surface area contributed by atoms with Crippen molar-refractivity contribution in [3.05, 3.63) is 54.2 Å². The standard InChI is InChI=1S/C16H20N4O2/c21-16(18-8-2-5-13-6-3-9-22-13)15-10-14(19-20-15)12-4-1-7-17-11-12/h1,3-4,6-7,9,11,14-15,19-20H,2,5,8,10H2,(H,18,21). The third-order valence-corrected chi connectivity index (χ3v) is 3.79. The molecule has 0 spiro atoms. The van der Waals surface area contributed by atoms with E-state index in [2.05, 4.69) is 21.2 Å². The van der Waals surface area contributed by atoms with E-state index >= 15 is 0 Å². The van der Waals surface area contributed by atoms with Crippen LogP contribution in [0.4, 0.5) is 0 Å². The lowest BCUT2D eigenvalue weighted by Gasteiger charge is -2.10. The summed E-state index contributed by atoms with van der Waals surface area (Å²) in [6.45, 7) is 0.648. The third kappa shape index (κ3) is 3.72. The van der Waals surface area contributed by atoms with Gasteiger partial charge >= 0.3 is 0 Å². The van der Waals surface area contributed by atoms with E-state index in [0.29, 0.717) is 6.54 Å². The SMILES string of the molecule is O=C(NCCCc1ccco1)C1CC(c2cccnc2)NN1. The number of carbonyl (C=O) groups excluding carboxylic acids is 1. The number of rotatable bonds is 6. The van der Waals surface area contributed by atoms with Gasteiger partial charge in [0, 0.05) is 31.4 Å². The Labute approximate surface area is 129 Å². The molecule has 22 heavy (non-hydrogen) atoms. The second kappa shape index (κ2) is 7.20. The fourth-order valence-electron chi connectivity index (χ4n) is 2.58. The third-order valence-electron chi connectivity index (χ3n) is 3.79. The first kappa shape index (κ1) is 14.7. The maximum Gasteiger partial charge on any atom is 0.238 e. The molecule has 0 aliphatic carbocycles. The predicted octanol–water partition coefficient (Wildman–Crippen LogP) is 1.33. The molecular weight excluding hydrogens is 280 g/mol. The summed E-state index contributed by atoms with van der Waals surface area (Å²) in [6, 6.07) is 7.64. The molecule has 1 aliphatic rings. The Morgan fingerprint density at radius 1 is 1.36 bits per heavy atom. The minimum absolute atomic E-state index is 0.0262. The Morgan fingerprint density at radius 3 is 3.09 bits per heavy atom. The first-order valence-electron chi connectivity index (χ1n) is 7.54. The van der Waals surface area contributed by atoms with Gasteiger partial charge in [-0.1, -0.05) is 6.07 Å². The monoisotopic (exact) mass is 300 g/mol. The van der Waals surface area contributed by atoms with Gasteiger partial charge in [-0.25, -0.2) is 10.9 Å². The molecule has 0 aromatic carbocycles. The molecule has 1 saturated heterocycles. The predicted molar refractivity (Wildman–Crippen MR) is 81.7 cm³/mol. The number of furan rings is 1. The molecule has 1 fully saturated rings. The van der Waals surface area contributed by atoms with Crippen molar-refractivity contribution in [3.63, 3.8) is 0 Å². The first-order valence-corrected chi connectivity index (χ1v) is 7.54. The molecule has 116 valence electrons. The van der Waals surface area contributed by atoms with Crippen molar-refractivity contribution in [2.75, 3.05) is 6.54 Å². The molecule has 3 N–H and O–H groups in total. The van der Waals surface area contributed by atoms with E-state index in [-0.39, 0.29) is 18.0 Å². The average Bonchev–Trinajstić information content (AvgIpc) is 3.24. The molecule has 2 unspecified atom stereocenters. The van der Waals surface area contributed by atoms with E-state index in [0.717, 1.165) is 30.6 Å². The van der Waals surface area contributed by atoms with E-state index < -0.39 is 0 Å². The van der Waals surface area contributed by atoms with Crippen LogP contribution in [0.1, 0.15) is 30.2 Å². The molecule has 0 bridgehead atoms. The molecule has 2 aromatic rings. The summed E-state index contributed by atoms with van der Waals surface area (Å²) in [5, 5.41) is 2.96. The Kier molecular flexibility index (Phi) is 4.82. The van der Waals surface area contributed by atoms with E-state index in [1.807, 2.05) is 30.5 Å². The highest BCUT2D eigenvalue weighted by atomic mass is 16.3. The van der Waals surface area contributed by atoms with Gasteiger partial charge in [-0.15, -0.1) is 0 Å². The van der Waals surface area contributed by atoms with Crippen molar-refractivity contribution in [2.24, 2.45) is 0 Å². The van der Waals surface area contributed by atoms with Crippen molar-refractivity contribution < 1.29 is 9.21 Å². The van der Waals surface area contributed by atoms with Gasteiger partial charge in [-0.2, -0.15) is 0 Å². The van der Waals surface area contributed by atoms with Crippen molar-refractivity contribution in [1.29, 1.82) is 0 Å². The van der Waals surface area contributed by atoms with E-state index in [4.69, 9.17) is 4.42 Å². The molecule has 3 rings (SSSR count). The van der Waals surface area contributed by atoms with Crippen molar-refractivity contribution >= 4 is 5.91 Å². The summed E-state index contributed by atoms with van der Waals surface area (Å²) in [7, 11) is 0. The van der Waals surface area contributed by atoms with Gasteiger partial charge in [0.05, 0.1) is 6.26 Å². The fourth-order valence-corrected chi connectivity index (χ4v) is 2.58. The van der Waals surface area contributed by atoms with Crippen LogP contribution < -0.4 is 16.2 Å². The summed E-state index contributed by atoms with van der Waals surface area (Å²) in [6.07, 6.45) is 7.65. The Morgan fingerprint density at radius 2 is 2.32 bits per heavy atom. The highest BCUT2D eigenvalue weighted by molar-refractivity contribution is 5.82. The highest BCUT2D eigenvalue weighted by Crippen LogP contribution is 2.21. The molecular formula is C16H20N4O2. The summed E-state index contributed by atoms with van der Waals surface area (Å²) >= 11 is 0. The molecule has 0 saturated carbocycles. The number of hydrogen-bond acceptors (Lipinski definition) is 5.